The maximum Gasteiger partial charge on any atom is 0.133 e. The number of benzene rings is 1. The monoisotopic (exact) mass is 264 g/mol. The number of hydrogen-bond donors (Lipinski definition) is 0. The molecule has 0 N–H and O–H groups in total. The van der Waals surface area contributed by atoms with Gasteiger partial charge in [0.05, 0.1) is 11.5 Å². The van der Waals surface area contributed by atoms with Gasteiger partial charge in [-0.3, -0.25) is 0 Å². The van der Waals surface area contributed by atoms with Crippen LogP contribution >= 0.6 is 11.6 Å². The van der Waals surface area contributed by atoms with E-state index in [-0.39, 0.29) is 11.7 Å². The summed E-state index contributed by atoms with van der Waals surface area (Å²) in [5, 5.41) is -0.835. The van der Waals surface area contributed by atoms with Gasteiger partial charge in [-0.05, 0) is 19.3 Å². The van der Waals surface area contributed by atoms with Crippen LogP contribution in [0.15, 0.2) is 12.1 Å². The normalized spacial score (nSPS) is 21.8. The van der Waals surface area contributed by atoms with Gasteiger partial charge in [-0.1, -0.05) is 0 Å². The second-order valence-corrected chi connectivity index (χ2v) is 4.65. The fraction of sp³-hybridized carbons (Fsp3) is 0.500. The van der Waals surface area contributed by atoms with E-state index in [4.69, 9.17) is 16.3 Å². The van der Waals surface area contributed by atoms with Crippen LogP contribution in [0.2, 0.25) is 0 Å². The van der Waals surface area contributed by atoms with Gasteiger partial charge in [-0.25, -0.2) is 13.2 Å². The molecule has 1 fully saturated rings. The van der Waals surface area contributed by atoms with Crippen molar-refractivity contribution < 1.29 is 17.9 Å². The molecule has 0 bridgehead atoms. The molecule has 1 nitrogen and oxygen atoms in total. The second-order valence-electron chi connectivity index (χ2n) is 4.12. The first-order valence-electron chi connectivity index (χ1n) is 5.48. The van der Waals surface area contributed by atoms with Crippen molar-refractivity contribution >= 4 is 11.6 Å². The molecular weight excluding hydrogens is 253 g/mol. The van der Waals surface area contributed by atoms with E-state index in [1.807, 2.05) is 0 Å². The molecule has 1 saturated heterocycles. The Balaban J connectivity index is 2.15. The zero-order valence-electron chi connectivity index (χ0n) is 9.06. The highest BCUT2D eigenvalue weighted by Crippen LogP contribution is 2.33. The summed E-state index contributed by atoms with van der Waals surface area (Å²) in [6.45, 7) is 0.655. The maximum absolute atomic E-state index is 13.4. The number of alkyl halides is 1. The summed E-state index contributed by atoms with van der Waals surface area (Å²) in [6, 6.07) is 1.28. The molecule has 0 aliphatic carbocycles. The summed E-state index contributed by atoms with van der Waals surface area (Å²) in [5.74, 6) is -2.83. The fourth-order valence-electron chi connectivity index (χ4n) is 2.03. The number of ether oxygens (including phenoxy) is 1. The third-order valence-electron chi connectivity index (χ3n) is 2.85. The molecule has 1 aromatic carbocycles. The average Bonchev–Trinajstić information content (AvgIpc) is 2.68. The number of rotatable bonds is 3. The minimum absolute atomic E-state index is 0.0682. The maximum atomic E-state index is 13.4. The van der Waals surface area contributed by atoms with Crippen molar-refractivity contribution in [1.82, 2.24) is 0 Å². The zero-order chi connectivity index (χ0) is 12.4. The van der Waals surface area contributed by atoms with Gasteiger partial charge < -0.3 is 4.74 Å². The van der Waals surface area contributed by atoms with Crippen LogP contribution in [0.3, 0.4) is 0 Å². The standard InChI is InChI=1S/C12H12ClF3O/c13-9(6-8-2-1-3-17-8)12-10(15)4-7(14)5-11(12)16/h4-5,8-9H,1-3,6H2. The summed E-state index contributed by atoms with van der Waals surface area (Å²) in [5.41, 5.74) is -0.274. The molecule has 0 spiro atoms. The predicted molar refractivity (Wildman–Crippen MR) is 58.5 cm³/mol. The first kappa shape index (κ1) is 12.7. The lowest BCUT2D eigenvalue weighted by Gasteiger charge is -2.16. The minimum Gasteiger partial charge on any atom is -0.378 e. The van der Waals surface area contributed by atoms with Gasteiger partial charge in [-0.15, -0.1) is 11.6 Å². The molecule has 94 valence electrons. The van der Waals surface area contributed by atoms with Crippen LogP contribution in [0.4, 0.5) is 13.2 Å². The van der Waals surface area contributed by atoms with Crippen molar-refractivity contribution in [1.29, 1.82) is 0 Å². The van der Waals surface area contributed by atoms with Crippen molar-refractivity contribution in [3.8, 4) is 0 Å². The molecule has 5 heteroatoms. The quantitative estimate of drug-likeness (QED) is 0.751. The highest BCUT2D eigenvalue weighted by molar-refractivity contribution is 6.20. The molecule has 17 heavy (non-hydrogen) atoms. The lowest BCUT2D eigenvalue weighted by Crippen LogP contribution is -2.10. The smallest absolute Gasteiger partial charge is 0.133 e. The summed E-state index contributed by atoms with van der Waals surface area (Å²) >= 11 is 5.97. The first-order chi connectivity index (χ1) is 8.08. The molecule has 2 rings (SSSR count). The summed E-state index contributed by atoms with van der Waals surface area (Å²) < 4.78 is 44.9. The Morgan fingerprint density at radius 2 is 1.94 bits per heavy atom. The molecule has 0 aromatic heterocycles. The molecule has 0 saturated carbocycles. The molecular formula is C12H12ClF3O. The predicted octanol–water partition coefficient (Wildman–Crippen LogP) is 3.95. The van der Waals surface area contributed by atoms with E-state index in [9.17, 15) is 13.2 Å². The van der Waals surface area contributed by atoms with E-state index in [2.05, 4.69) is 0 Å². The van der Waals surface area contributed by atoms with E-state index in [0.717, 1.165) is 12.8 Å². The van der Waals surface area contributed by atoms with Gasteiger partial charge in [-0.2, -0.15) is 0 Å². The van der Waals surface area contributed by atoms with Gasteiger partial charge in [0, 0.05) is 24.3 Å². The molecule has 2 atom stereocenters. The average molecular weight is 265 g/mol. The van der Waals surface area contributed by atoms with Crippen LogP contribution in [-0.2, 0) is 4.74 Å². The Bertz CT molecular complexity index is 382. The second kappa shape index (κ2) is 5.27. The van der Waals surface area contributed by atoms with Gasteiger partial charge in [0.25, 0.3) is 0 Å². The zero-order valence-corrected chi connectivity index (χ0v) is 9.81. The largest absolute Gasteiger partial charge is 0.378 e. The molecule has 1 aromatic rings. The van der Waals surface area contributed by atoms with Crippen LogP contribution in [0.25, 0.3) is 0 Å². The van der Waals surface area contributed by atoms with E-state index in [1.165, 1.54) is 0 Å². The lowest BCUT2D eigenvalue weighted by atomic mass is 10.0. The van der Waals surface area contributed by atoms with E-state index < -0.39 is 22.8 Å². The Hall–Kier alpha value is -0.740. The van der Waals surface area contributed by atoms with Crippen molar-refractivity contribution in [2.75, 3.05) is 6.61 Å². The van der Waals surface area contributed by atoms with Crippen LogP contribution < -0.4 is 0 Å². The summed E-state index contributed by atoms with van der Waals surface area (Å²) in [4.78, 5) is 0. The third kappa shape index (κ3) is 2.93. The molecule has 1 heterocycles. The third-order valence-corrected chi connectivity index (χ3v) is 3.25. The minimum atomic E-state index is -0.944. The Labute approximate surface area is 103 Å². The van der Waals surface area contributed by atoms with Crippen molar-refractivity contribution in [3.05, 3.63) is 35.1 Å². The number of halogens is 4. The Morgan fingerprint density at radius 1 is 1.29 bits per heavy atom. The first-order valence-corrected chi connectivity index (χ1v) is 5.91. The molecule has 1 aliphatic rings. The van der Waals surface area contributed by atoms with Gasteiger partial charge in [0.1, 0.15) is 17.5 Å². The van der Waals surface area contributed by atoms with Crippen molar-refractivity contribution in [3.63, 3.8) is 0 Å². The van der Waals surface area contributed by atoms with E-state index in [1.54, 1.807) is 0 Å². The molecule has 0 radical (unpaired) electrons. The van der Waals surface area contributed by atoms with E-state index in [0.29, 0.717) is 25.2 Å². The van der Waals surface area contributed by atoms with Gasteiger partial charge >= 0.3 is 0 Å². The van der Waals surface area contributed by atoms with Crippen LogP contribution in [0, 0.1) is 17.5 Å². The van der Waals surface area contributed by atoms with Gasteiger partial charge in [0.2, 0.25) is 0 Å². The lowest BCUT2D eigenvalue weighted by molar-refractivity contribution is 0.103. The fourth-order valence-corrected chi connectivity index (χ4v) is 2.44. The van der Waals surface area contributed by atoms with Crippen LogP contribution in [-0.4, -0.2) is 12.7 Å². The highest BCUT2D eigenvalue weighted by atomic mass is 35.5. The molecule has 1 aliphatic heterocycles. The van der Waals surface area contributed by atoms with Crippen molar-refractivity contribution in [2.45, 2.75) is 30.7 Å². The summed E-state index contributed by atoms with van der Waals surface area (Å²) in [7, 11) is 0. The Kier molecular flexibility index (Phi) is 3.94. The van der Waals surface area contributed by atoms with Gasteiger partial charge in [0.15, 0.2) is 0 Å². The SMILES string of the molecule is Fc1cc(F)c(C(Cl)CC2CCCO2)c(F)c1. The highest BCUT2D eigenvalue weighted by Gasteiger charge is 2.25. The van der Waals surface area contributed by atoms with Crippen LogP contribution in [0.1, 0.15) is 30.2 Å². The molecule has 0 amide bonds. The summed E-state index contributed by atoms with van der Waals surface area (Å²) in [6.07, 6.45) is 2.04. The van der Waals surface area contributed by atoms with Crippen molar-refractivity contribution in [2.24, 2.45) is 0 Å². The van der Waals surface area contributed by atoms with E-state index >= 15 is 0 Å². The topological polar surface area (TPSA) is 9.23 Å². The van der Waals surface area contributed by atoms with Crippen LogP contribution in [0.5, 0.6) is 0 Å². The molecule has 2 unspecified atom stereocenters. The number of hydrogen-bond acceptors (Lipinski definition) is 1. The Morgan fingerprint density at radius 3 is 2.47 bits per heavy atom.